The number of aliphatic hydroxyl groups is 1. The third kappa shape index (κ3) is 12.6. The van der Waals surface area contributed by atoms with Crippen LogP contribution in [0.1, 0.15) is 97.0 Å². The van der Waals surface area contributed by atoms with Crippen molar-refractivity contribution >= 4 is 21.9 Å². The number of hydrogen-bond donors (Lipinski definition) is 1. The molecule has 0 amide bonds. The predicted octanol–water partition coefficient (Wildman–Crippen LogP) is 6.33. The Kier molecular flexibility index (Phi) is 17.2. The average molecular weight is 645 g/mol. The summed E-state index contributed by atoms with van der Waals surface area (Å²) in [4.78, 5) is 0.830. The molecule has 3 rings (SSSR count). The average Bonchev–Trinajstić information content (AvgIpc) is 2.99. The maximum absolute atomic E-state index is 12.4. The SMILES string of the molecule is CCCCCCCCCCC#CC(C)(O)c1ccccc1-c1ccc(Sc2ccc(OCCCC)cc2)c(S(=O)(=O)[O-])c1.[Na+]. The fraction of sp³-hybridized carbons (Fsp3) is 0.444. The van der Waals surface area contributed by atoms with Crippen molar-refractivity contribution in [2.45, 2.75) is 112 Å². The second kappa shape index (κ2) is 19.7. The Morgan fingerprint density at radius 3 is 2.16 bits per heavy atom. The van der Waals surface area contributed by atoms with E-state index < -0.39 is 15.7 Å². The van der Waals surface area contributed by atoms with E-state index in [-0.39, 0.29) is 34.5 Å². The molecule has 3 aromatic rings. The zero-order valence-corrected chi connectivity index (χ0v) is 30.4. The monoisotopic (exact) mass is 644 g/mol. The van der Waals surface area contributed by atoms with Gasteiger partial charge in [0.05, 0.1) is 11.5 Å². The largest absolute Gasteiger partial charge is 1.00 e. The maximum Gasteiger partial charge on any atom is 1.00 e. The molecule has 1 N–H and O–H groups in total. The first-order valence-electron chi connectivity index (χ1n) is 15.5. The molecule has 0 bridgehead atoms. The van der Waals surface area contributed by atoms with Crippen LogP contribution in [0.15, 0.2) is 81.4 Å². The van der Waals surface area contributed by atoms with Gasteiger partial charge in [-0.2, -0.15) is 0 Å². The number of unbranched alkanes of at least 4 members (excludes halogenated alkanes) is 9. The standard InChI is InChI=1S/C36H46O5S2.Na/c1-4-6-8-9-10-11-12-13-14-17-26-36(3,37)33-19-16-15-18-32(33)29-20-25-34(35(28-29)43(38,39)40)42-31-23-21-30(22-24-31)41-27-7-5-2;/h15-16,18-25,28,37H,4-14,27H2,1-3H3,(H,38,39,40);/q;+1/p-1. The van der Waals surface area contributed by atoms with E-state index in [9.17, 15) is 18.1 Å². The number of benzene rings is 3. The minimum atomic E-state index is -4.77. The van der Waals surface area contributed by atoms with Crippen LogP contribution in [-0.2, 0) is 15.7 Å². The van der Waals surface area contributed by atoms with Gasteiger partial charge in [0, 0.05) is 21.8 Å². The zero-order chi connectivity index (χ0) is 31.1. The van der Waals surface area contributed by atoms with E-state index in [2.05, 4.69) is 25.7 Å². The Hall–Kier alpha value is -1.76. The Morgan fingerprint density at radius 2 is 1.50 bits per heavy atom. The van der Waals surface area contributed by atoms with Gasteiger partial charge in [-0.15, -0.1) is 0 Å². The molecule has 0 saturated heterocycles. The van der Waals surface area contributed by atoms with Crippen molar-refractivity contribution in [1.29, 1.82) is 0 Å². The van der Waals surface area contributed by atoms with Crippen molar-refractivity contribution < 1.29 is 52.4 Å². The first kappa shape index (κ1) is 38.4. The van der Waals surface area contributed by atoms with Gasteiger partial charge in [0.25, 0.3) is 0 Å². The molecule has 0 aromatic heterocycles. The van der Waals surface area contributed by atoms with Gasteiger partial charge in [-0.25, -0.2) is 8.42 Å². The molecule has 0 heterocycles. The van der Waals surface area contributed by atoms with Crippen molar-refractivity contribution in [2.24, 2.45) is 0 Å². The van der Waals surface area contributed by atoms with Crippen molar-refractivity contribution in [2.75, 3.05) is 6.61 Å². The van der Waals surface area contributed by atoms with E-state index in [1.807, 2.05) is 42.5 Å². The zero-order valence-electron chi connectivity index (χ0n) is 26.7. The molecule has 0 spiro atoms. The summed E-state index contributed by atoms with van der Waals surface area (Å²) in [6.45, 7) is 6.62. The van der Waals surface area contributed by atoms with Gasteiger partial charge >= 0.3 is 29.6 Å². The van der Waals surface area contributed by atoms with Gasteiger partial charge in [0.15, 0.2) is 0 Å². The summed E-state index contributed by atoms with van der Waals surface area (Å²) in [6.07, 6.45) is 12.5. The second-order valence-corrected chi connectivity index (χ2v) is 13.5. The first-order chi connectivity index (χ1) is 20.7. The van der Waals surface area contributed by atoms with Gasteiger partial charge in [-0.05, 0) is 67.3 Å². The minimum absolute atomic E-state index is 0. The van der Waals surface area contributed by atoms with E-state index in [0.29, 0.717) is 34.6 Å². The van der Waals surface area contributed by atoms with Gasteiger partial charge in [0.2, 0.25) is 0 Å². The van der Waals surface area contributed by atoms with E-state index in [0.717, 1.165) is 36.3 Å². The molecule has 0 aliphatic carbocycles. The quantitative estimate of drug-likeness (QED) is 0.0800. The molecule has 0 saturated carbocycles. The summed E-state index contributed by atoms with van der Waals surface area (Å²) in [7, 11) is -4.77. The normalized spacial score (nSPS) is 12.5. The Balaban J connectivity index is 0.00000675. The third-order valence-corrected chi connectivity index (χ3v) is 9.37. The molecule has 3 aromatic carbocycles. The van der Waals surface area contributed by atoms with Crippen LogP contribution in [0.4, 0.5) is 0 Å². The van der Waals surface area contributed by atoms with E-state index in [4.69, 9.17) is 4.74 Å². The van der Waals surface area contributed by atoms with Crippen molar-refractivity contribution in [3.05, 3.63) is 72.3 Å². The molecule has 1 atom stereocenters. The van der Waals surface area contributed by atoms with Crippen LogP contribution in [0.2, 0.25) is 0 Å². The Labute approximate surface area is 291 Å². The molecule has 5 nitrogen and oxygen atoms in total. The van der Waals surface area contributed by atoms with Crippen LogP contribution >= 0.6 is 11.8 Å². The van der Waals surface area contributed by atoms with Gasteiger partial charge < -0.3 is 14.4 Å². The number of ether oxygens (including phenoxy) is 1. The molecule has 0 aliphatic rings. The number of rotatable bonds is 17. The Morgan fingerprint density at radius 1 is 0.864 bits per heavy atom. The van der Waals surface area contributed by atoms with E-state index in [1.54, 1.807) is 25.1 Å². The third-order valence-electron chi connectivity index (χ3n) is 7.28. The van der Waals surface area contributed by atoms with Crippen molar-refractivity contribution in [3.8, 4) is 28.7 Å². The van der Waals surface area contributed by atoms with Crippen molar-refractivity contribution in [3.63, 3.8) is 0 Å². The van der Waals surface area contributed by atoms with Gasteiger partial charge in [-0.1, -0.05) is 119 Å². The molecular formula is C36H45NaO5S2. The summed E-state index contributed by atoms with van der Waals surface area (Å²) in [5.41, 5.74) is 0.275. The van der Waals surface area contributed by atoms with E-state index >= 15 is 0 Å². The fourth-order valence-electron chi connectivity index (χ4n) is 4.83. The van der Waals surface area contributed by atoms with Gasteiger partial charge in [0.1, 0.15) is 21.5 Å². The second-order valence-electron chi connectivity index (χ2n) is 11.0. The van der Waals surface area contributed by atoms with Crippen LogP contribution in [0, 0.1) is 11.8 Å². The summed E-state index contributed by atoms with van der Waals surface area (Å²) in [5.74, 6) is 6.92. The summed E-state index contributed by atoms with van der Waals surface area (Å²) in [6, 6.07) is 19.4. The molecule has 1 unspecified atom stereocenters. The first-order valence-corrected chi connectivity index (χ1v) is 17.7. The molecule has 44 heavy (non-hydrogen) atoms. The Bertz CT molecular complexity index is 1460. The molecule has 0 aliphatic heterocycles. The smallest absolute Gasteiger partial charge is 0.744 e. The summed E-state index contributed by atoms with van der Waals surface area (Å²) < 4.78 is 42.8. The topological polar surface area (TPSA) is 86.7 Å². The van der Waals surface area contributed by atoms with Crippen LogP contribution in [0.3, 0.4) is 0 Å². The maximum atomic E-state index is 12.4. The van der Waals surface area contributed by atoms with Crippen LogP contribution < -0.4 is 34.3 Å². The predicted molar refractivity (Wildman–Crippen MR) is 175 cm³/mol. The molecule has 0 radical (unpaired) electrons. The minimum Gasteiger partial charge on any atom is -0.744 e. The summed E-state index contributed by atoms with van der Waals surface area (Å²) in [5, 5.41) is 11.4. The molecular weight excluding hydrogens is 600 g/mol. The molecule has 232 valence electrons. The summed E-state index contributed by atoms with van der Waals surface area (Å²) >= 11 is 1.21. The van der Waals surface area contributed by atoms with Crippen LogP contribution in [-0.4, -0.2) is 24.7 Å². The molecule has 8 heteroatoms. The van der Waals surface area contributed by atoms with Crippen LogP contribution in [0.25, 0.3) is 11.1 Å². The fourth-order valence-corrected chi connectivity index (χ4v) is 6.67. The van der Waals surface area contributed by atoms with E-state index in [1.165, 1.54) is 56.4 Å². The van der Waals surface area contributed by atoms with Gasteiger partial charge in [-0.3, -0.25) is 0 Å². The van der Waals surface area contributed by atoms with Crippen LogP contribution in [0.5, 0.6) is 5.75 Å². The number of hydrogen-bond acceptors (Lipinski definition) is 6. The van der Waals surface area contributed by atoms with Crippen molar-refractivity contribution in [1.82, 2.24) is 0 Å². The molecule has 0 fully saturated rings.